The molecule has 1 aromatic heterocycles. The van der Waals surface area contributed by atoms with Crippen molar-refractivity contribution in [3.05, 3.63) is 71.5 Å². The summed E-state index contributed by atoms with van der Waals surface area (Å²) in [7, 11) is -3.86. The highest BCUT2D eigenvalue weighted by molar-refractivity contribution is 7.92. The van der Waals surface area contributed by atoms with Gasteiger partial charge in [0, 0.05) is 5.69 Å². The van der Waals surface area contributed by atoms with Gasteiger partial charge in [-0.1, -0.05) is 25.1 Å². The third kappa shape index (κ3) is 4.40. The predicted molar refractivity (Wildman–Crippen MR) is 103 cm³/mol. The summed E-state index contributed by atoms with van der Waals surface area (Å²) in [6.45, 7) is 4.07. The van der Waals surface area contributed by atoms with Crippen molar-refractivity contribution in [2.75, 3.05) is 10.0 Å². The molecule has 27 heavy (non-hydrogen) atoms. The Morgan fingerprint density at radius 2 is 1.63 bits per heavy atom. The molecule has 0 amide bonds. The molecule has 0 radical (unpaired) electrons. The van der Waals surface area contributed by atoms with E-state index in [4.69, 9.17) is 0 Å². The van der Waals surface area contributed by atoms with Crippen LogP contribution in [0.1, 0.15) is 18.1 Å². The van der Waals surface area contributed by atoms with Crippen molar-refractivity contribution in [1.29, 1.82) is 0 Å². The lowest BCUT2D eigenvalue weighted by Gasteiger charge is -2.13. The molecule has 0 saturated carbocycles. The summed E-state index contributed by atoms with van der Waals surface area (Å²) >= 11 is 0. The topological polar surface area (TPSA) is 84.0 Å². The summed E-state index contributed by atoms with van der Waals surface area (Å²) in [5.74, 6) is 0.0703. The highest BCUT2D eigenvalue weighted by atomic mass is 32.2. The molecule has 0 atom stereocenters. The second-order valence-electron chi connectivity index (χ2n) is 5.95. The van der Waals surface area contributed by atoms with Crippen LogP contribution in [0, 0.1) is 12.7 Å². The minimum absolute atomic E-state index is 0.0552. The van der Waals surface area contributed by atoms with Gasteiger partial charge in [-0.25, -0.2) is 12.8 Å². The molecule has 0 spiro atoms. The predicted octanol–water partition coefficient (Wildman–Crippen LogP) is 4.03. The van der Waals surface area contributed by atoms with E-state index >= 15 is 0 Å². The van der Waals surface area contributed by atoms with E-state index < -0.39 is 15.8 Å². The van der Waals surface area contributed by atoms with Gasteiger partial charge in [0.25, 0.3) is 10.0 Å². The van der Waals surface area contributed by atoms with Crippen molar-refractivity contribution in [1.82, 2.24) is 10.2 Å². The Bertz CT molecular complexity index is 1040. The van der Waals surface area contributed by atoms with Crippen LogP contribution in [0.3, 0.4) is 0 Å². The van der Waals surface area contributed by atoms with Gasteiger partial charge in [-0.3, -0.25) is 4.72 Å². The zero-order chi connectivity index (χ0) is 19.4. The minimum Gasteiger partial charge on any atom is -0.338 e. The molecule has 0 aliphatic rings. The van der Waals surface area contributed by atoms with Gasteiger partial charge in [0.15, 0.2) is 11.6 Å². The normalized spacial score (nSPS) is 11.2. The van der Waals surface area contributed by atoms with Gasteiger partial charge in [0.05, 0.1) is 4.90 Å². The van der Waals surface area contributed by atoms with Gasteiger partial charge in [0.2, 0.25) is 0 Å². The Kier molecular flexibility index (Phi) is 5.36. The molecule has 0 aliphatic carbocycles. The van der Waals surface area contributed by atoms with Crippen LogP contribution in [-0.4, -0.2) is 18.6 Å². The van der Waals surface area contributed by atoms with Gasteiger partial charge in [-0.15, -0.1) is 10.2 Å². The van der Waals surface area contributed by atoms with Gasteiger partial charge in [0.1, 0.15) is 5.82 Å². The zero-order valence-electron chi connectivity index (χ0n) is 14.9. The van der Waals surface area contributed by atoms with Crippen LogP contribution in [-0.2, 0) is 16.4 Å². The quantitative estimate of drug-likeness (QED) is 0.668. The van der Waals surface area contributed by atoms with Gasteiger partial charge in [-0.05, 0) is 60.9 Å². The van der Waals surface area contributed by atoms with E-state index in [2.05, 4.69) is 27.2 Å². The number of anilines is 3. The van der Waals surface area contributed by atoms with Gasteiger partial charge >= 0.3 is 0 Å². The first kappa shape index (κ1) is 18.8. The average molecular weight is 386 g/mol. The molecule has 2 N–H and O–H groups in total. The van der Waals surface area contributed by atoms with Crippen molar-refractivity contribution < 1.29 is 12.8 Å². The number of sulfonamides is 1. The standard InChI is InChI=1S/C19H19FN4O2S/c1-3-14-6-4-5-13(2)19(14)21-17-11-12-18(23-22-17)24-27(25,26)16-9-7-15(20)8-10-16/h4-12H,3H2,1-2H3,(H,21,22)(H,23,24). The summed E-state index contributed by atoms with van der Waals surface area (Å²) in [5, 5.41) is 11.2. The van der Waals surface area contributed by atoms with Crippen LogP contribution in [0.15, 0.2) is 59.5 Å². The molecule has 0 bridgehead atoms. The third-order valence-electron chi connectivity index (χ3n) is 4.02. The van der Waals surface area contributed by atoms with E-state index in [9.17, 15) is 12.8 Å². The molecule has 0 unspecified atom stereocenters. The van der Waals surface area contributed by atoms with Crippen LogP contribution in [0.25, 0.3) is 0 Å². The fourth-order valence-corrected chi connectivity index (χ4v) is 3.59. The molecule has 0 aliphatic heterocycles. The van der Waals surface area contributed by atoms with E-state index in [-0.39, 0.29) is 10.7 Å². The molecule has 2 aromatic carbocycles. The Balaban J connectivity index is 1.77. The molecule has 3 aromatic rings. The van der Waals surface area contributed by atoms with E-state index in [1.807, 2.05) is 25.1 Å². The van der Waals surface area contributed by atoms with Crippen LogP contribution < -0.4 is 10.0 Å². The lowest BCUT2D eigenvalue weighted by atomic mass is 10.1. The zero-order valence-corrected chi connectivity index (χ0v) is 15.7. The highest BCUT2D eigenvalue weighted by Crippen LogP contribution is 2.24. The largest absolute Gasteiger partial charge is 0.338 e. The number of benzene rings is 2. The summed E-state index contributed by atoms with van der Waals surface area (Å²) < 4.78 is 39.9. The second kappa shape index (κ2) is 7.71. The second-order valence-corrected chi connectivity index (χ2v) is 7.63. The Morgan fingerprint density at radius 1 is 0.963 bits per heavy atom. The van der Waals surface area contributed by atoms with E-state index in [0.717, 1.165) is 35.4 Å². The van der Waals surface area contributed by atoms with Crippen LogP contribution in [0.5, 0.6) is 0 Å². The average Bonchev–Trinajstić information content (AvgIpc) is 2.65. The minimum atomic E-state index is -3.86. The molecule has 6 nitrogen and oxygen atoms in total. The number of hydrogen-bond acceptors (Lipinski definition) is 5. The maximum absolute atomic E-state index is 13.0. The van der Waals surface area contributed by atoms with Crippen molar-refractivity contribution in [2.24, 2.45) is 0 Å². The highest BCUT2D eigenvalue weighted by Gasteiger charge is 2.15. The summed E-state index contributed by atoms with van der Waals surface area (Å²) in [5.41, 5.74) is 3.20. The Morgan fingerprint density at radius 3 is 2.26 bits per heavy atom. The van der Waals surface area contributed by atoms with E-state index in [1.54, 1.807) is 6.07 Å². The van der Waals surface area contributed by atoms with E-state index in [0.29, 0.717) is 5.82 Å². The number of hydrogen-bond donors (Lipinski definition) is 2. The molecule has 0 fully saturated rings. The number of aryl methyl sites for hydroxylation is 2. The number of rotatable bonds is 6. The van der Waals surface area contributed by atoms with Gasteiger partial charge < -0.3 is 5.32 Å². The van der Waals surface area contributed by atoms with Crippen molar-refractivity contribution in [2.45, 2.75) is 25.2 Å². The van der Waals surface area contributed by atoms with Crippen LogP contribution in [0.4, 0.5) is 21.7 Å². The number of para-hydroxylation sites is 1. The maximum Gasteiger partial charge on any atom is 0.263 e. The summed E-state index contributed by atoms with van der Waals surface area (Å²) in [6, 6.07) is 13.7. The van der Waals surface area contributed by atoms with Crippen LogP contribution >= 0.6 is 0 Å². The van der Waals surface area contributed by atoms with Gasteiger partial charge in [-0.2, -0.15) is 0 Å². The fourth-order valence-electron chi connectivity index (χ4n) is 2.59. The van der Waals surface area contributed by atoms with Crippen LogP contribution in [0.2, 0.25) is 0 Å². The smallest absolute Gasteiger partial charge is 0.263 e. The first-order valence-corrected chi connectivity index (χ1v) is 9.85. The van der Waals surface area contributed by atoms with Crippen molar-refractivity contribution >= 4 is 27.3 Å². The van der Waals surface area contributed by atoms with Crippen molar-refractivity contribution in [3.8, 4) is 0 Å². The number of aromatic nitrogens is 2. The molecule has 140 valence electrons. The molecule has 1 heterocycles. The number of nitrogens with one attached hydrogen (secondary N) is 2. The molecular weight excluding hydrogens is 367 g/mol. The number of nitrogens with zero attached hydrogens (tertiary/aromatic N) is 2. The Labute approximate surface area is 157 Å². The lowest BCUT2D eigenvalue weighted by molar-refractivity contribution is 0.599. The molecule has 3 rings (SSSR count). The first-order chi connectivity index (χ1) is 12.9. The third-order valence-corrected chi connectivity index (χ3v) is 5.39. The molecule has 0 saturated heterocycles. The van der Waals surface area contributed by atoms with Crippen molar-refractivity contribution in [3.63, 3.8) is 0 Å². The molecular formula is C19H19FN4O2S. The summed E-state index contributed by atoms with van der Waals surface area (Å²) in [4.78, 5) is -0.0552. The fraction of sp³-hybridized carbons (Fsp3) is 0.158. The molecule has 8 heteroatoms. The summed E-state index contributed by atoms with van der Waals surface area (Å²) in [6.07, 6.45) is 0.868. The number of halogens is 1. The monoisotopic (exact) mass is 386 g/mol. The SMILES string of the molecule is CCc1cccc(C)c1Nc1ccc(NS(=O)(=O)c2ccc(F)cc2)nn1. The van der Waals surface area contributed by atoms with E-state index in [1.165, 1.54) is 18.2 Å². The lowest BCUT2D eigenvalue weighted by Crippen LogP contribution is -2.14. The maximum atomic E-state index is 13.0. The first-order valence-electron chi connectivity index (χ1n) is 8.36. The Hall–Kier alpha value is -3.00.